The molecule has 1 rings (SSSR count). The minimum absolute atomic E-state index is 0. The molecule has 1 aliphatic rings. The Kier molecular flexibility index (Phi) is 59.9. The van der Waals surface area contributed by atoms with Gasteiger partial charge < -0.3 is 16.0 Å². The predicted molar refractivity (Wildman–Crippen MR) is 66.5 cm³/mol. The number of hydrogen-bond donors (Lipinski definition) is 3. The summed E-state index contributed by atoms with van der Waals surface area (Å²) in [6.45, 7) is 0. The van der Waals surface area contributed by atoms with Crippen molar-refractivity contribution in [3.05, 3.63) is 24.3 Å². The average molecular weight is 248 g/mol. The molecule has 0 unspecified atom stereocenters. The van der Waals surface area contributed by atoms with Crippen LogP contribution in [-0.4, -0.2) is 42.3 Å². The van der Waals surface area contributed by atoms with Crippen molar-refractivity contribution < 1.29 is 21.7 Å². The van der Waals surface area contributed by atoms with Crippen molar-refractivity contribution in [1.29, 1.82) is 0 Å². The smallest absolute Gasteiger partial charge is 0 e. The zero-order valence-corrected chi connectivity index (χ0v) is 12.5. The van der Waals surface area contributed by atoms with Crippen LogP contribution in [0.2, 0.25) is 0 Å². The first-order valence-corrected chi connectivity index (χ1v) is 4.72. The normalized spacial score (nSPS) is 9.47. The molecule has 0 fully saturated rings. The van der Waals surface area contributed by atoms with Crippen molar-refractivity contribution >= 4 is 0 Å². The molecule has 3 nitrogen and oxygen atoms in total. The summed E-state index contributed by atoms with van der Waals surface area (Å²) in [5.41, 5.74) is 0. The van der Waals surface area contributed by atoms with Gasteiger partial charge in [0, 0.05) is 21.7 Å². The first-order chi connectivity index (χ1) is 6.74. The molecule has 0 aliphatic heterocycles. The topological polar surface area (TPSA) is 36.1 Å². The van der Waals surface area contributed by atoms with Gasteiger partial charge in [0.05, 0.1) is 0 Å². The second-order valence-corrected chi connectivity index (χ2v) is 2.50. The molecule has 0 atom stereocenters. The molecule has 0 aromatic carbocycles. The number of allylic oxidation sites excluding steroid dienone is 4. The van der Waals surface area contributed by atoms with E-state index in [1.54, 1.807) is 0 Å². The van der Waals surface area contributed by atoms with Gasteiger partial charge in [-0.05, 0) is 42.3 Å². The Balaban J connectivity index is -0.0000000550. The van der Waals surface area contributed by atoms with Crippen molar-refractivity contribution in [2.24, 2.45) is 0 Å². The first kappa shape index (κ1) is 24.3. The van der Waals surface area contributed by atoms with E-state index in [1.165, 1.54) is 0 Å². The predicted octanol–water partition coefficient (Wildman–Crippen LogP) is 0.810. The van der Waals surface area contributed by atoms with Gasteiger partial charge in [-0.25, -0.2) is 12.2 Å². The van der Waals surface area contributed by atoms with Gasteiger partial charge in [0.25, 0.3) is 0 Å². The van der Waals surface area contributed by atoms with Crippen LogP contribution in [-0.2, 0) is 21.7 Å². The molecule has 4 heteroatoms. The van der Waals surface area contributed by atoms with Crippen molar-refractivity contribution in [2.75, 3.05) is 42.3 Å². The van der Waals surface area contributed by atoms with E-state index in [0.29, 0.717) is 0 Å². The molecule has 0 bridgehead atoms. The van der Waals surface area contributed by atoms with Crippen molar-refractivity contribution in [2.45, 2.75) is 6.42 Å². The zero-order chi connectivity index (χ0) is 11.7. The monoisotopic (exact) mass is 248 g/mol. The molecule has 0 aromatic heterocycles. The molecular weight excluding hydrogens is 222 g/mol. The van der Waals surface area contributed by atoms with Crippen LogP contribution in [0.15, 0.2) is 18.2 Å². The molecule has 1 aliphatic carbocycles. The third kappa shape index (κ3) is 79.7. The molecule has 0 radical (unpaired) electrons. The number of hydrogen-bond acceptors (Lipinski definition) is 3. The molecule has 3 N–H and O–H groups in total. The summed E-state index contributed by atoms with van der Waals surface area (Å²) >= 11 is 0. The van der Waals surface area contributed by atoms with Crippen molar-refractivity contribution in [3.63, 3.8) is 0 Å². The van der Waals surface area contributed by atoms with Gasteiger partial charge in [0.2, 0.25) is 0 Å². The Hall–Kier alpha value is 0.0743. The molecule has 90 valence electrons. The third-order valence-corrected chi connectivity index (χ3v) is 0.586. The maximum absolute atomic E-state index is 2.99. The van der Waals surface area contributed by atoms with Gasteiger partial charge in [-0.3, -0.25) is 6.08 Å². The van der Waals surface area contributed by atoms with Crippen molar-refractivity contribution in [3.8, 4) is 0 Å². The Morgan fingerprint density at radius 3 is 1.27 bits per heavy atom. The summed E-state index contributed by atoms with van der Waals surface area (Å²) in [5, 5.41) is 8.25. The van der Waals surface area contributed by atoms with E-state index in [0.717, 1.165) is 6.42 Å². The Morgan fingerprint density at radius 2 is 1.20 bits per heavy atom. The maximum atomic E-state index is 2.99. The minimum atomic E-state index is 0. The van der Waals surface area contributed by atoms with Crippen LogP contribution in [0.25, 0.3) is 0 Å². The van der Waals surface area contributed by atoms with Gasteiger partial charge >= 0.3 is 0 Å². The molecule has 0 aromatic rings. The fourth-order valence-corrected chi connectivity index (χ4v) is 0.340. The van der Waals surface area contributed by atoms with Gasteiger partial charge in [0.1, 0.15) is 0 Å². The Labute approximate surface area is 111 Å². The molecule has 0 saturated carbocycles. The van der Waals surface area contributed by atoms with Crippen LogP contribution in [0.4, 0.5) is 0 Å². The quantitative estimate of drug-likeness (QED) is 0.438. The standard InChI is InChI=1S/C5H5.3C2H7N.Ti/c1-2-4-5-3-1;3*1-3-2;/h1-3H,4H2;3*3H,1-2H3;/q-1;;;;. The van der Waals surface area contributed by atoms with E-state index in [-0.39, 0.29) is 21.7 Å². The van der Waals surface area contributed by atoms with Crippen LogP contribution in [0, 0.1) is 6.08 Å². The molecule has 0 heterocycles. The van der Waals surface area contributed by atoms with Gasteiger partial charge in [0.15, 0.2) is 0 Å². The maximum Gasteiger partial charge on any atom is 0 e. The molecule has 0 spiro atoms. The van der Waals surface area contributed by atoms with Crippen LogP contribution < -0.4 is 16.0 Å². The van der Waals surface area contributed by atoms with E-state index in [1.807, 2.05) is 54.4 Å². The summed E-state index contributed by atoms with van der Waals surface area (Å²) in [5.74, 6) is 0. The number of nitrogens with one attached hydrogen (secondary N) is 3. The van der Waals surface area contributed by atoms with E-state index >= 15 is 0 Å². The van der Waals surface area contributed by atoms with Gasteiger partial charge in [-0.15, -0.1) is 6.42 Å². The zero-order valence-electron chi connectivity index (χ0n) is 10.9. The van der Waals surface area contributed by atoms with E-state index < -0.39 is 0 Å². The summed E-state index contributed by atoms with van der Waals surface area (Å²) in [4.78, 5) is 0. The molecule has 15 heavy (non-hydrogen) atoms. The fraction of sp³-hybridized carbons (Fsp3) is 0.636. The van der Waals surface area contributed by atoms with Crippen LogP contribution in [0.3, 0.4) is 0 Å². The van der Waals surface area contributed by atoms with E-state index in [9.17, 15) is 0 Å². The SMILES string of the molecule is CNC.CNC.CNC.[C-]1=CC=CC1.[Ti]. The van der Waals surface area contributed by atoms with Crippen LogP contribution in [0.5, 0.6) is 0 Å². The largest absolute Gasteiger partial charge is 0.323 e. The summed E-state index contributed by atoms with van der Waals surface area (Å²) in [6, 6.07) is 0. The second kappa shape index (κ2) is 36.9. The Bertz CT molecular complexity index is 99.6. The molecule has 0 saturated heterocycles. The first-order valence-electron chi connectivity index (χ1n) is 4.72. The van der Waals surface area contributed by atoms with Crippen LogP contribution >= 0.6 is 0 Å². The second-order valence-electron chi connectivity index (χ2n) is 2.50. The van der Waals surface area contributed by atoms with E-state index in [4.69, 9.17) is 0 Å². The molecular formula is C11H26N3Ti-. The summed E-state index contributed by atoms with van der Waals surface area (Å²) in [7, 11) is 11.2. The fourth-order valence-electron chi connectivity index (χ4n) is 0.340. The summed E-state index contributed by atoms with van der Waals surface area (Å²) in [6.07, 6.45) is 10.0. The number of rotatable bonds is 0. The summed E-state index contributed by atoms with van der Waals surface area (Å²) < 4.78 is 0. The molecule has 0 amide bonds. The third-order valence-electron chi connectivity index (χ3n) is 0.586. The van der Waals surface area contributed by atoms with Crippen LogP contribution in [0.1, 0.15) is 6.42 Å². The van der Waals surface area contributed by atoms with E-state index in [2.05, 4.69) is 28.1 Å². The Morgan fingerprint density at radius 1 is 0.867 bits per heavy atom. The minimum Gasteiger partial charge on any atom is -0.323 e. The average Bonchev–Trinajstić information content (AvgIpc) is 2.63. The van der Waals surface area contributed by atoms with Gasteiger partial charge in [-0.2, -0.15) is 6.08 Å². The van der Waals surface area contributed by atoms with Gasteiger partial charge in [-0.1, -0.05) is 0 Å². The van der Waals surface area contributed by atoms with Crippen molar-refractivity contribution in [1.82, 2.24) is 16.0 Å².